The second kappa shape index (κ2) is 8.17. The quantitative estimate of drug-likeness (QED) is 0.668. The number of nitrogens with one attached hydrogen (secondary N) is 1. The Kier molecular flexibility index (Phi) is 6.56. The van der Waals surface area contributed by atoms with Gasteiger partial charge in [-0.05, 0) is 33.3 Å². The smallest absolute Gasteiger partial charge is 0.407 e. The summed E-state index contributed by atoms with van der Waals surface area (Å²) in [5.41, 5.74) is 0.429. The molecule has 0 fully saturated rings. The van der Waals surface area contributed by atoms with Gasteiger partial charge in [0.25, 0.3) is 0 Å². The van der Waals surface area contributed by atoms with Gasteiger partial charge in [-0.1, -0.05) is 18.2 Å². The predicted octanol–water partition coefficient (Wildman–Crippen LogP) is 2.80. The van der Waals surface area contributed by atoms with Gasteiger partial charge in [0.2, 0.25) is 0 Å². The van der Waals surface area contributed by atoms with Crippen LogP contribution in [0.15, 0.2) is 24.4 Å². The molecule has 1 amide bonds. The van der Waals surface area contributed by atoms with Crippen LogP contribution in [0.4, 0.5) is 4.79 Å². The van der Waals surface area contributed by atoms with E-state index in [1.54, 1.807) is 18.2 Å². The Bertz CT molecular complexity index is 547. The summed E-state index contributed by atoms with van der Waals surface area (Å²) in [5.74, 6) is -0.480. The maximum absolute atomic E-state index is 11.6. The number of nitrogens with zero attached hydrogens (tertiary/aromatic N) is 1. The summed E-state index contributed by atoms with van der Waals surface area (Å²) in [6, 6.07) is 3.52. The van der Waals surface area contributed by atoms with Crippen molar-refractivity contribution < 1.29 is 19.1 Å². The zero-order valence-corrected chi connectivity index (χ0v) is 13.4. The Balaban J connectivity index is 2.47. The fourth-order valence-electron chi connectivity index (χ4n) is 1.60. The van der Waals surface area contributed by atoms with Crippen LogP contribution in [0.1, 0.15) is 43.2 Å². The van der Waals surface area contributed by atoms with Crippen molar-refractivity contribution in [2.75, 3.05) is 13.7 Å². The maximum atomic E-state index is 11.6. The molecule has 22 heavy (non-hydrogen) atoms. The lowest BCUT2D eigenvalue weighted by atomic mass is 10.1. The molecule has 0 saturated heterocycles. The highest BCUT2D eigenvalue weighted by Gasteiger charge is 2.15. The first kappa shape index (κ1) is 17.7. The van der Waals surface area contributed by atoms with Gasteiger partial charge in [-0.2, -0.15) is 0 Å². The third-order valence-electron chi connectivity index (χ3n) is 2.49. The predicted molar refractivity (Wildman–Crippen MR) is 83.5 cm³/mol. The van der Waals surface area contributed by atoms with Crippen molar-refractivity contribution in [1.82, 2.24) is 10.3 Å². The number of ether oxygens (including phenoxy) is 2. The molecular formula is C16H22N2O4. The fourth-order valence-corrected chi connectivity index (χ4v) is 1.60. The van der Waals surface area contributed by atoms with Crippen LogP contribution in [0.3, 0.4) is 0 Å². The molecule has 6 nitrogen and oxygen atoms in total. The van der Waals surface area contributed by atoms with Crippen LogP contribution >= 0.6 is 0 Å². The van der Waals surface area contributed by atoms with E-state index in [-0.39, 0.29) is 5.69 Å². The molecule has 120 valence electrons. The summed E-state index contributed by atoms with van der Waals surface area (Å²) in [5, 5.41) is 2.65. The van der Waals surface area contributed by atoms with Gasteiger partial charge in [0, 0.05) is 18.3 Å². The lowest BCUT2D eigenvalue weighted by Gasteiger charge is -2.19. The van der Waals surface area contributed by atoms with Gasteiger partial charge in [0.1, 0.15) is 5.60 Å². The molecule has 1 N–H and O–H groups in total. The number of amides is 1. The average molecular weight is 306 g/mol. The lowest BCUT2D eigenvalue weighted by Crippen LogP contribution is -2.32. The van der Waals surface area contributed by atoms with Crippen molar-refractivity contribution in [1.29, 1.82) is 0 Å². The Hall–Kier alpha value is -2.37. The Morgan fingerprint density at radius 3 is 2.73 bits per heavy atom. The number of hydrogen-bond acceptors (Lipinski definition) is 5. The van der Waals surface area contributed by atoms with E-state index in [4.69, 9.17) is 4.74 Å². The highest BCUT2D eigenvalue weighted by atomic mass is 16.6. The number of carbonyl (C=O) groups excluding carboxylic acids is 2. The summed E-state index contributed by atoms with van der Waals surface area (Å²) >= 11 is 0. The average Bonchev–Trinajstić information content (AvgIpc) is 2.44. The molecule has 0 aliphatic carbocycles. The molecule has 1 rings (SSSR count). The molecule has 1 aromatic heterocycles. The molecule has 0 atom stereocenters. The minimum absolute atomic E-state index is 0.265. The molecule has 0 aliphatic rings. The monoisotopic (exact) mass is 306 g/mol. The van der Waals surface area contributed by atoms with Gasteiger partial charge in [-0.3, -0.25) is 0 Å². The molecule has 0 saturated carbocycles. The van der Waals surface area contributed by atoms with Gasteiger partial charge in [0.05, 0.1) is 7.11 Å². The number of rotatable bonds is 5. The topological polar surface area (TPSA) is 77.5 Å². The fraction of sp³-hybridized carbons (Fsp3) is 0.438. The first-order chi connectivity index (χ1) is 10.3. The minimum atomic E-state index is -0.509. The van der Waals surface area contributed by atoms with Gasteiger partial charge in [0.15, 0.2) is 5.69 Å². The summed E-state index contributed by atoms with van der Waals surface area (Å²) in [6.45, 7) is 5.87. The zero-order valence-electron chi connectivity index (χ0n) is 13.4. The van der Waals surface area contributed by atoms with E-state index in [0.717, 1.165) is 0 Å². The second-order valence-electron chi connectivity index (χ2n) is 5.55. The Morgan fingerprint density at radius 1 is 1.36 bits per heavy atom. The van der Waals surface area contributed by atoms with Gasteiger partial charge in [-0.15, -0.1) is 0 Å². The molecule has 0 radical (unpaired) electrons. The van der Waals surface area contributed by atoms with Crippen LogP contribution in [0.25, 0.3) is 6.08 Å². The highest BCUT2D eigenvalue weighted by molar-refractivity contribution is 5.91. The van der Waals surface area contributed by atoms with E-state index in [0.29, 0.717) is 18.5 Å². The van der Waals surface area contributed by atoms with Gasteiger partial charge >= 0.3 is 12.1 Å². The largest absolute Gasteiger partial charge is 0.464 e. The Labute approximate surface area is 130 Å². The van der Waals surface area contributed by atoms with E-state index >= 15 is 0 Å². The molecule has 0 aliphatic heterocycles. The first-order valence-corrected chi connectivity index (χ1v) is 7.00. The maximum Gasteiger partial charge on any atom is 0.407 e. The van der Waals surface area contributed by atoms with Crippen molar-refractivity contribution in [3.63, 3.8) is 0 Å². The third kappa shape index (κ3) is 6.39. The van der Waals surface area contributed by atoms with Crippen LogP contribution in [-0.4, -0.2) is 36.3 Å². The van der Waals surface area contributed by atoms with Crippen molar-refractivity contribution >= 4 is 18.1 Å². The minimum Gasteiger partial charge on any atom is -0.464 e. The zero-order chi connectivity index (χ0) is 16.6. The molecule has 0 unspecified atom stereocenters. The molecule has 1 heterocycles. The first-order valence-electron chi connectivity index (χ1n) is 7.00. The van der Waals surface area contributed by atoms with E-state index in [1.807, 2.05) is 26.8 Å². The molecule has 0 bridgehead atoms. The van der Waals surface area contributed by atoms with E-state index in [1.165, 1.54) is 13.3 Å². The van der Waals surface area contributed by atoms with Crippen LogP contribution in [-0.2, 0) is 9.47 Å². The summed E-state index contributed by atoms with van der Waals surface area (Å²) < 4.78 is 9.80. The standard InChI is InChI=1S/C16H22N2O4/c1-16(2,3)22-15(20)18-10-6-5-8-12-9-7-11-17-13(12)14(19)21-4/h5,7-9,11H,6,10H2,1-4H3,(H,18,20). The number of pyridine rings is 1. The van der Waals surface area contributed by atoms with Gasteiger partial charge in [-0.25, -0.2) is 14.6 Å². The van der Waals surface area contributed by atoms with E-state index in [9.17, 15) is 9.59 Å². The van der Waals surface area contributed by atoms with E-state index in [2.05, 4.69) is 15.0 Å². The highest BCUT2D eigenvalue weighted by Crippen LogP contribution is 2.09. The summed E-state index contributed by atoms with van der Waals surface area (Å²) in [7, 11) is 1.31. The number of methoxy groups -OCH3 is 1. The number of esters is 1. The van der Waals surface area contributed by atoms with Crippen molar-refractivity contribution in [2.45, 2.75) is 32.8 Å². The van der Waals surface area contributed by atoms with Crippen LogP contribution < -0.4 is 5.32 Å². The SMILES string of the molecule is COC(=O)c1ncccc1C=CCCNC(=O)OC(C)(C)C. The molecule has 6 heteroatoms. The lowest BCUT2D eigenvalue weighted by molar-refractivity contribution is 0.0527. The summed E-state index contributed by atoms with van der Waals surface area (Å²) in [4.78, 5) is 27.0. The van der Waals surface area contributed by atoms with Crippen LogP contribution in [0.2, 0.25) is 0 Å². The third-order valence-corrected chi connectivity index (χ3v) is 2.49. The summed E-state index contributed by atoms with van der Waals surface area (Å²) in [6.07, 6.45) is 5.32. The van der Waals surface area contributed by atoms with Crippen molar-refractivity contribution in [3.8, 4) is 0 Å². The normalized spacial score (nSPS) is 11.3. The molecular weight excluding hydrogens is 284 g/mol. The molecule has 0 aromatic carbocycles. The number of alkyl carbamates (subject to hydrolysis) is 1. The van der Waals surface area contributed by atoms with Crippen molar-refractivity contribution in [2.24, 2.45) is 0 Å². The Morgan fingerprint density at radius 2 is 2.09 bits per heavy atom. The molecule has 0 spiro atoms. The van der Waals surface area contributed by atoms with Crippen molar-refractivity contribution in [3.05, 3.63) is 35.7 Å². The van der Waals surface area contributed by atoms with Crippen LogP contribution in [0, 0.1) is 0 Å². The van der Waals surface area contributed by atoms with E-state index < -0.39 is 17.7 Å². The van der Waals surface area contributed by atoms with Gasteiger partial charge < -0.3 is 14.8 Å². The van der Waals surface area contributed by atoms with Crippen LogP contribution in [0.5, 0.6) is 0 Å². The number of hydrogen-bond donors (Lipinski definition) is 1. The number of carbonyl (C=O) groups is 2. The number of aromatic nitrogens is 1. The molecule has 1 aromatic rings. The second-order valence-corrected chi connectivity index (χ2v) is 5.55.